The van der Waals surface area contributed by atoms with Crippen molar-refractivity contribution in [3.8, 4) is 6.07 Å². The maximum Gasteiger partial charge on any atom is 0.237 e. The Balaban J connectivity index is 4.57. The summed E-state index contributed by atoms with van der Waals surface area (Å²) < 4.78 is 0. The van der Waals surface area contributed by atoms with Crippen molar-refractivity contribution in [2.75, 3.05) is 0 Å². The van der Waals surface area contributed by atoms with Gasteiger partial charge in [0.25, 0.3) is 0 Å². The second kappa shape index (κ2) is 7.27. The lowest BCUT2D eigenvalue weighted by Gasteiger charge is -2.32. The fraction of sp³-hybridized carbons (Fsp3) is 0.846. The summed E-state index contributed by atoms with van der Waals surface area (Å²) in [5.41, 5.74) is -0.125. The zero-order chi connectivity index (χ0) is 12.6. The van der Waals surface area contributed by atoms with Gasteiger partial charge in [-0.25, -0.2) is 0 Å². The van der Waals surface area contributed by atoms with Gasteiger partial charge in [-0.1, -0.05) is 34.1 Å². The number of nitrogens with one attached hydrogen (secondary N) is 1. The van der Waals surface area contributed by atoms with Gasteiger partial charge in [0.05, 0.1) is 6.07 Å². The Morgan fingerprint density at radius 2 is 1.75 bits per heavy atom. The molecule has 3 nitrogen and oxygen atoms in total. The molecule has 0 saturated heterocycles. The largest absolute Gasteiger partial charge is 0.350 e. The maximum absolute atomic E-state index is 11.9. The lowest BCUT2D eigenvalue weighted by atomic mass is 9.88. The molecule has 0 fully saturated rings. The number of hydrogen-bond donors (Lipinski definition) is 1. The van der Waals surface area contributed by atoms with Crippen molar-refractivity contribution in [2.24, 2.45) is 5.92 Å². The van der Waals surface area contributed by atoms with Gasteiger partial charge < -0.3 is 5.32 Å². The third kappa shape index (κ3) is 3.84. The predicted octanol–water partition coefficient (Wildman–Crippen LogP) is 3.01. The fourth-order valence-corrected chi connectivity index (χ4v) is 1.91. The van der Waals surface area contributed by atoms with E-state index in [0.717, 1.165) is 25.7 Å². The van der Waals surface area contributed by atoms with Crippen LogP contribution in [0.4, 0.5) is 0 Å². The van der Waals surface area contributed by atoms with E-state index in [2.05, 4.69) is 32.2 Å². The Morgan fingerprint density at radius 3 is 2.06 bits per heavy atom. The van der Waals surface area contributed by atoms with Crippen LogP contribution >= 0.6 is 0 Å². The normalized spacial score (nSPS) is 12.9. The second-order valence-corrected chi connectivity index (χ2v) is 4.30. The van der Waals surface area contributed by atoms with E-state index < -0.39 is 5.92 Å². The number of hydrogen-bond acceptors (Lipinski definition) is 2. The molecule has 0 rings (SSSR count). The third-order valence-corrected chi connectivity index (χ3v) is 3.47. The predicted molar refractivity (Wildman–Crippen MR) is 65.8 cm³/mol. The van der Waals surface area contributed by atoms with Crippen LogP contribution in [0, 0.1) is 17.2 Å². The number of nitrogens with zero attached hydrogens (tertiary/aromatic N) is 1. The Bertz CT molecular complexity index is 243. The summed E-state index contributed by atoms with van der Waals surface area (Å²) in [4.78, 5) is 11.9. The average molecular weight is 224 g/mol. The third-order valence-electron chi connectivity index (χ3n) is 3.47. The molecule has 0 aliphatic rings. The van der Waals surface area contributed by atoms with Gasteiger partial charge in [-0.3, -0.25) is 4.79 Å². The molecule has 0 aliphatic carbocycles. The SMILES string of the molecule is CCCC(C#N)C(=O)NC(CC)(CC)CC. The van der Waals surface area contributed by atoms with E-state index in [4.69, 9.17) is 5.26 Å². The van der Waals surface area contributed by atoms with E-state index in [9.17, 15) is 4.79 Å². The van der Waals surface area contributed by atoms with Crippen LogP contribution in [0.5, 0.6) is 0 Å². The Kier molecular flexibility index (Phi) is 6.80. The molecule has 0 aromatic carbocycles. The molecule has 92 valence electrons. The smallest absolute Gasteiger partial charge is 0.237 e. The van der Waals surface area contributed by atoms with Crippen molar-refractivity contribution in [1.29, 1.82) is 5.26 Å². The summed E-state index contributed by atoms with van der Waals surface area (Å²) >= 11 is 0. The standard InChI is InChI=1S/C13H24N2O/c1-5-9-11(10-14)12(16)15-13(6-2,7-3)8-4/h11H,5-9H2,1-4H3,(H,15,16). The highest BCUT2D eigenvalue weighted by Gasteiger charge is 2.28. The topological polar surface area (TPSA) is 52.9 Å². The number of nitriles is 1. The van der Waals surface area contributed by atoms with Gasteiger partial charge in [0.1, 0.15) is 5.92 Å². The molecule has 0 aliphatic heterocycles. The molecule has 0 heterocycles. The summed E-state index contributed by atoms with van der Waals surface area (Å²) in [6, 6.07) is 2.09. The molecule has 1 atom stereocenters. The number of carbonyl (C=O) groups excluding carboxylic acids is 1. The first-order valence-corrected chi connectivity index (χ1v) is 6.30. The molecule has 0 aromatic heterocycles. The molecule has 16 heavy (non-hydrogen) atoms. The Hall–Kier alpha value is -1.04. The summed E-state index contributed by atoms with van der Waals surface area (Å²) in [7, 11) is 0. The van der Waals surface area contributed by atoms with Crippen molar-refractivity contribution in [1.82, 2.24) is 5.32 Å². The summed E-state index contributed by atoms with van der Waals surface area (Å²) in [5.74, 6) is -0.594. The van der Waals surface area contributed by atoms with Crippen LogP contribution in [0.1, 0.15) is 59.8 Å². The van der Waals surface area contributed by atoms with Crippen molar-refractivity contribution >= 4 is 5.91 Å². The van der Waals surface area contributed by atoms with Crippen LogP contribution in [0.25, 0.3) is 0 Å². The highest BCUT2D eigenvalue weighted by Crippen LogP contribution is 2.20. The lowest BCUT2D eigenvalue weighted by Crippen LogP contribution is -2.49. The molecule has 1 N–H and O–H groups in total. The minimum absolute atomic E-state index is 0.102. The molecule has 0 aromatic rings. The van der Waals surface area contributed by atoms with E-state index >= 15 is 0 Å². The van der Waals surface area contributed by atoms with E-state index in [-0.39, 0.29) is 11.4 Å². The van der Waals surface area contributed by atoms with Gasteiger partial charge in [0.15, 0.2) is 0 Å². The molecule has 0 radical (unpaired) electrons. The number of carbonyl (C=O) groups is 1. The van der Waals surface area contributed by atoms with Crippen LogP contribution in [0.15, 0.2) is 0 Å². The molecule has 0 spiro atoms. The van der Waals surface area contributed by atoms with Gasteiger partial charge in [0.2, 0.25) is 5.91 Å². The van der Waals surface area contributed by atoms with Gasteiger partial charge in [-0.2, -0.15) is 5.26 Å². The lowest BCUT2D eigenvalue weighted by molar-refractivity contribution is -0.125. The highest BCUT2D eigenvalue weighted by molar-refractivity contribution is 5.81. The van der Waals surface area contributed by atoms with E-state index in [1.807, 2.05) is 6.92 Å². The summed E-state index contributed by atoms with van der Waals surface area (Å²) in [6.07, 6.45) is 4.25. The molecular weight excluding hydrogens is 200 g/mol. The maximum atomic E-state index is 11.9. The van der Waals surface area contributed by atoms with Crippen molar-refractivity contribution in [3.63, 3.8) is 0 Å². The number of rotatable bonds is 7. The van der Waals surface area contributed by atoms with Crippen LogP contribution in [-0.4, -0.2) is 11.4 Å². The second-order valence-electron chi connectivity index (χ2n) is 4.30. The van der Waals surface area contributed by atoms with Gasteiger partial charge in [-0.05, 0) is 25.7 Å². The minimum atomic E-state index is -0.492. The van der Waals surface area contributed by atoms with E-state index in [1.165, 1.54) is 0 Å². The van der Waals surface area contributed by atoms with E-state index in [0.29, 0.717) is 6.42 Å². The van der Waals surface area contributed by atoms with Crippen molar-refractivity contribution in [2.45, 2.75) is 65.3 Å². The van der Waals surface area contributed by atoms with Gasteiger partial charge in [0, 0.05) is 5.54 Å². The molecule has 0 saturated carbocycles. The van der Waals surface area contributed by atoms with Crippen molar-refractivity contribution in [3.05, 3.63) is 0 Å². The van der Waals surface area contributed by atoms with Crippen molar-refractivity contribution < 1.29 is 4.79 Å². The Morgan fingerprint density at radius 1 is 1.25 bits per heavy atom. The number of amides is 1. The molecule has 1 amide bonds. The first-order chi connectivity index (χ1) is 7.59. The Labute approximate surface area is 99.2 Å². The molecular formula is C13H24N2O. The first-order valence-electron chi connectivity index (χ1n) is 6.30. The average Bonchev–Trinajstić information content (AvgIpc) is 2.33. The van der Waals surface area contributed by atoms with Gasteiger partial charge >= 0.3 is 0 Å². The van der Waals surface area contributed by atoms with Crippen LogP contribution in [0.3, 0.4) is 0 Å². The molecule has 0 bridgehead atoms. The molecule has 1 unspecified atom stereocenters. The quantitative estimate of drug-likeness (QED) is 0.722. The highest BCUT2D eigenvalue weighted by atomic mass is 16.2. The van der Waals surface area contributed by atoms with E-state index in [1.54, 1.807) is 0 Å². The minimum Gasteiger partial charge on any atom is -0.350 e. The first kappa shape index (κ1) is 15.0. The zero-order valence-electron chi connectivity index (χ0n) is 11.0. The van der Waals surface area contributed by atoms with Crippen LogP contribution in [0.2, 0.25) is 0 Å². The molecule has 3 heteroatoms. The fourth-order valence-electron chi connectivity index (χ4n) is 1.91. The van der Waals surface area contributed by atoms with Gasteiger partial charge in [-0.15, -0.1) is 0 Å². The van der Waals surface area contributed by atoms with Crippen LogP contribution < -0.4 is 5.32 Å². The summed E-state index contributed by atoms with van der Waals surface area (Å²) in [5, 5.41) is 12.0. The monoisotopic (exact) mass is 224 g/mol. The summed E-state index contributed by atoms with van der Waals surface area (Å²) in [6.45, 7) is 8.22. The zero-order valence-corrected chi connectivity index (χ0v) is 11.0. The van der Waals surface area contributed by atoms with Crippen LogP contribution in [-0.2, 0) is 4.79 Å².